The highest BCUT2D eigenvalue weighted by atomic mass is 16.3. The number of phenolic OH excluding ortho intramolecular Hbond substituents is 2. The Labute approximate surface area is 128 Å². The maximum atomic E-state index is 10.4. The molecule has 0 fully saturated rings. The van der Waals surface area contributed by atoms with E-state index in [0.717, 1.165) is 22.3 Å². The van der Waals surface area contributed by atoms with Crippen LogP contribution in [0.2, 0.25) is 0 Å². The average Bonchev–Trinajstić information content (AvgIpc) is 2.55. The van der Waals surface area contributed by atoms with E-state index in [9.17, 15) is 10.2 Å². The molecular formula is C20H14O2. The standard InChI is InChI=1S/C20H14O2/c21-15-9-4-8-14-18-12-6-2-1-5-11(12)17(19(14)15)13-7-3-10-16(22)20(13)18/h1-10,17-18,21-22H. The molecule has 2 unspecified atom stereocenters. The summed E-state index contributed by atoms with van der Waals surface area (Å²) in [6.07, 6.45) is 0. The lowest BCUT2D eigenvalue weighted by molar-refractivity contribution is 0.452. The summed E-state index contributed by atoms with van der Waals surface area (Å²) in [6, 6.07) is 19.8. The largest absolute Gasteiger partial charge is 0.508 e. The Balaban J connectivity index is 1.96. The molecule has 106 valence electrons. The molecule has 0 saturated heterocycles. The van der Waals surface area contributed by atoms with Crippen LogP contribution in [0.1, 0.15) is 45.2 Å². The highest BCUT2D eigenvalue weighted by Crippen LogP contribution is 2.59. The van der Waals surface area contributed by atoms with Crippen molar-refractivity contribution in [2.24, 2.45) is 0 Å². The van der Waals surface area contributed by atoms with E-state index < -0.39 is 0 Å². The summed E-state index contributed by atoms with van der Waals surface area (Å²) >= 11 is 0. The van der Waals surface area contributed by atoms with E-state index in [-0.39, 0.29) is 11.8 Å². The second-order valence-electron chi connectivity index (χ2n) is 6.06. The van der Waals surface area contributed by atoms with Gasteiger partial charge >= 0.3 is 0 Å². The van der Waals surface area contributed by atoms with E-state index in [1.807, 2.05) is 24.3 Å². The van der Waals surface area contributed by atoms with E-state index in [2.05, 4.69) is 24.3 Å². The fourth-order valence-electron chi connectivity index (χ4n) is 4.27. The van der Waals surface area contributed by atoms with Crippen molar-refractivity contribution in [3.8, 4) is 11.5 Å². The summed E-state index contributed by atoms with van der Waals surface area (Å²) in [6.45, 7) is 0. The van der Waals surface area contributed by atoms with Crippen molar-refractivity contribution in [2.75, 3.05) is 0 Å². The molecule has 0 aromatic heterocycles. The van der Waals surface area contributed by atoms with Crippen molar-refractivity contribution in [2.45, 2.75) is 11.8 Å². The van der Waals surface area contributed by atoms with Crippen LogP contribution in [-0.4, -0.2) is 10.2 Å². The second kappa shape index (κ2) is 3.92. The van der Waals surface area contributed by atoms with Crippen molar-refractivity contribution >= 4 is 0 Å². The predicted molar refractivity (Wildman–Crippen MR) is 84.5 cm³/mol. The minimum atomic E-state index is -0.000463. The van der Waals surface area contributed by atoms with Crippen LogP contribution in [0.25, 0.3) is 0 Å². The molecule has 2 atom stereocenters. The molecule has 3 aromatic rings. The zero-order chi connectivity index (χ0) is 14.8. The normalized spacial score (nSPS) is 20.2. The maximum absolute atomic E-state index is 10.4. The smallest absolute Gasteiger partial charge is 0.120 e. The first-order valence-electron chi connectivity index (χ1n) is 7.49. The topological polar surface area (TPSA) is 40.5 Å². The number of hydrogen-bond donors (Lipinski definition) is 2. The van der Waals surface area contributed by atoms with Gasteiger partial charge in [-0.15, -0.1) is 0 Å². The van der Waals surface area contributed by atoms with E-state index >= 15 is 0 Å². The monoisotopic (exact) mass is 286 g/mol. The van der Waals surface area contributed by atoms with Crippen molar-refractivity contribution < 1.29 is 10.2 Å². The zero-order valence-corrected chi connectivity index (χ0v) is 11.8. The molecule has 0 amide bonds. The molecule has 2 heteroatoms. The van der Waals surface area contributed by atoms with Gasteiger partial charge in [0.1, 0.15) is 11.5 Å². The van der Waals surface area contributed by atoms with Gasteiger partial charge in [0.25, 0.3) is 0 Å². The van der Waals surface area contributed by atoms with E-state index in [4.69, 9.17) is 0 Å². The van der Waals surface area contributed by atoms with Crippen molar-refractivity contribution in [1.29, 1.82) is 0 Å². The molecule has 3 aliphatic carbocycles. The molecule has 3 aromatic carbocycles. The van der Waals surface area contributed by atoms with Gasteiger partial charge in [0.05, 0.1) is 0 Å². The Hall–Kier alpha value is -2.74. The lowest BCUT2D eigenvalue weighted by atomic mass is 9.61. The first kappa shape index (κ1) is 11.9. The first-order chi connectivity index (χ1) is 10.8. The molecule has 0 spiro atoms. The molecule has 2 bridgehead atoms. The summed E-state index contributed by atoms with van der Waals surface area (Å²) in [4.78, 5) is 0. The van der Waals surface area contributed by atoms with Gasteiger partial charge in [0.15, 0.2) is 0 Å². The van der Waals surface area contributed by atoms with Crippen LogP contribution in [0.15, 0.2) is 60.7 Å². The Morgan fingerprint density at radius 2 is 0.909 bits per heavy atom. The number of hydrogen-bond acceptors (Lipinski definition) is 2. The summed E-state index contributed by atoms with van der Waals surface area (Å²) in [5.41, 5.74) is 6.67. The second-order valence-corrected chi connectivity index (χ2v) is 6.06. The van der Waals surface area contributed by atoms with Crippen LogP contribution in [0.4, 0.5) is 0 Å². The molecule has 0 heterocycles. The summed E-state index contributed by atoms with van der Waals surface area (Å²) in [5.74, 6) is 0.686. The van der Waals surface area contributed by atoms with Gasteiger partial charge in [0.2, 0.25) is 0 Å². The number of aromatic hydroxyl groups is 2. The third-order valence-electron chi connectivity index (χ3n) is 5.05. The lowest BCUT2D eigenvalue weighted by Crippen LogP contribution is -2.27. The average molecular weight is 286 g/mol. The predicted octanol–water partition coefficient (Wildman–Crippen LogP) is 4.09. The molecule has 22 heavy (non-hydrogen) atoms. The van der Waals surface area contributed by atoms with Crippen LogP contribution in [0.5, 0.6) is 11.5 Å². The number of benzene rings is 3. The summed E-state index contributed by atoms with van der Waals surface area (Å²) < 4.78 is 0. The van der Waals surface area contributed by atoms with Crippen LogP contribution in [0.3, 0.4) is 0 Å². The van der Waals surface area contributed by atoms with Crippen molar-refractivity contribution in [3.63, 3.8) is 0 Å². The van der Waals surface area contributed by atoms with E-state index in [1.165, 1.54) is 11.1 Å². The summed E-state index contributed by atoms with van der Waals surface area (Å²) in [5, 5.41) is 20.9. The van der Waals surface area contributed by atoms with E-state index in [1.54, 1.807) is 12.1 Å². The Morgan fingerprint density at radius 3 is 1.36 bits per heavy atom. The molecule has 0 aliphatic heterocycles. The fourth-order valence-corrected chi connectivity index (χ4v) is 4.27. The number of rotatable bonds is 0. The van der Waals surface area contributed by atoms with Crippen LogP contribution < -0.4 is 0 Å². The van der Waals surface area contributed by atoms with Gasteiger partial charge in [-0.2, -0.15) is 0 Å². The Bertz CT molecular complexity index is 850. The quantitative estimate of drug-likeness (QED) is 0.450. The number of phenols is 2. The van der Waals surface area contributed by atoms with E-state index in [0.29, 0.717) is 11.5 Å². The maximum Gasteiger partial charge on any atom is 0.120 e. The third-order valence-corrected chi connectivity index (χ3v) is 5.05. The molecule has 3 aliphatic rings. The third kappa shape index (κ3) is 1.26. The molecule has 2 nitrogen and oxygen atoms in total. The highest BCUT2D eigenvalue weighted by Gasteiger charge is 2.43. The van der Waals surface area contributed by atoms with Crippen molar-refractivity contribution in [1.82, 2.24) is 0 Å². The lowest BCUT2D eigenvalue weighted by Gasteiger charge is -2.42. The fraction of sp³-hybridized carbons (Fsp3) is 0.100. The Kier molecular flexibility index (Phi) is 2.11. The van der Waals surface area contributed by atoms with Crippen LogP contribution in [0, 0.1) is 0 Å². The van der Waals surface area contributed by atoms with Gasteiger partial charge in [-0.1, -0.05) is 48.5 Å². The Morgan fingerprint density at radius 1 is 0.500 bits per heavy atom. The molecular weight excluding hydrogens is 272 g/mol. The molecule has 2 N–H and O–H groups in total. The summed E-state index contributed by atoms with van der Waals surface area (Å²) in [7, 11) is 0. The van der Waals surface area contributed by atoms with Crippen LogP contribution in [-0.2, 0) is 0 Å². The van der Waals surface area contributed by atoms with Gasteiger partial charge in [-0.25, -0.2) is 0 Å². The molecule has 0 saturated carbocycles. The SMILES string of the molecule is Oc1cccc2c1C1c3ccccc3C2c2c(O)cccc21. The molecule has 6 rings (SSSR count). The van der Waals surface area contributed by atoms with Crippen LogP contribution >= 0.6 is 0 Å². The van der Waals surface area contributed by atoms with Crippen molar-refractivity contribution in [3.05, 3.63) is 94.0 Å². The first-order valence-corrected chi connectivity index (χ1v) is 7.49. The van der Waals surface area contributed by atoms with Gasteiger partial charge in [-0.3, -0.25) is 0 Å². The van der Waals surface area contributed by atoms with Gasteiger partial charge in [0, 0.05) is 23.0 Å². The highest BCUT2D eigenvalue weighted by molar-refractivity contribution is 5.72. The zero-order valence-electron chi connectivity index (χ0n) is 11.8. The van der Waals surface area contributed by atoms with Gasteiger partial charge < -0.3 is 10.2 Å². The molecule has 0 radical (unpaired) electrons. The minimum Gasteiger partial charge on any atom is -0.508 e. The minimum absolute atomic E-state index is 0.000463. The van der Waals surface area contributed by atoms with Gasteiger partial charge in [-0.05, 0) is 34.4 Å².